The average molecular weight is 1560 g/mol. The van der Waals surface area contributed by atoms with Gasteiger partial charge < -0.3 is 28.1 Å². The number of rotatable bonds is 14. The van der Waals surface area contributed by atoms with E-state index < -0.39 is 30.9 Å². The highest BCUT2D eigenvalue weighted by molar-refractivity contribution is 7.00. The molecule has 0 saturated carbocycles. The molecule has 578 valence electrons. The van der Waals surface area contributed by atoms with Gasteiger partial charge in [-0.25, -0.2) is 0 Å². The molecule has 0 unspecified atom stereocenters. The van der Waals surface area contributed by atoms with Crippen molar-refractivity contribution in [2.45, 2.75) is 71.9 Å². The van der Waals surface area contributed by atoms with Gasteiger partial charge in [0.1, 0.15) is 0 Å². The highest BCUT2D eigenvalue weighted by atomic mass is 15.2. The fraction of sp³-hybridized carbons (Fsp3) is 0.105. The van der Waals surface area contributed by atoms with Crippen molar-refractivity contribution in [1.29, 1.82) is 0 Å². The molecule has 6 nitrogen and oxygen atoms in total. The Morgan fingerprint density at radius 3 is 1.12 bits per heavy atom. The summed E-state index contributed by atoms with van der Waals surface area (Å²) in [5.74, 6) is 0. The molecule has 7 heteroatoms. The molecule has 23 rings (SSSR count). The standard InChI is InChI=1S/C114H89BN6/c1-113(2,3)85-47-54-106-95(67-85)96-68-86(114(4,5)6)48-55-107(96)121(106)89-50-53-99-109(71-89)118(72-75-61-83(79-33-15-9-16-34-79)66-84(62-75)80-35-17-10-18-36-80)111-64-76(73-117-100-42-24-19-41-94(100)97-69-87(51-56-101(97)117)119-102-43-25-20-37-90(102)91-38-21-26-44-103(91)119)63-110-112(111)115(99)98-52-49-88(120-104-45-27-22-39-92(104)93-40-23-28-46-105(93)120)70-108(98)116(110)58-57-74-59-81(77-29-11-7-12-30-77)65-82(60-74)78-31-13-8-14-32-78/h7-56,59-71H,57-58,72-73H2,1-6H3/i22D,23D,27D,28D,39D,40D,45D,46D. The van der Waals surface area contributed by atoms with Crippen LogP contribution in [0.5, 0.6) is 0 Å². The van der Waals surface area contributed by atoms with E-state index in [-0.39, 0.29) is 56.8 Å². The van der Waals surface area contributed by atoms with Gasteiger partial charge in [-0.1, -0.05) is 290 Å². The molecule has 4 aromatic heterocycles. The van der Waals surface area contributed by atoms with Crippen molar-refractivity contribution in [3.05, 3.63) is 410 Å². The maximum absolute atomic E-state index is 9.91. The summed E-state index contributed by atoms with van der Waals surface area (Å²) in [6.07, 6.45) is 0.553. The smallest absolute Gasteiger partial charge is 0.252 e. The van der Waals surface area contributed by atoms with Crippen molar-refractivity contribution in [2.24, 2.45) is 0 Å². The Balaban J connectivity index is 0.821. The molecule has 0 N–H and O–H groups in total. The molecule has 0 atom stereocenters. The second-order valence-corrected chi connectivity index (χ2v) is 35.0. The largest absolute Gasteiger partial charge is 0.342 e. The number of hydrogen-bond acceptors (Lipinski definition) is 2. The molecular weight excluding hydrogens is 1460 g/mol. The Morgan fingerprint density at radius 1 is 0.264 bits per heavy atom. The lowest BCUT2D eigenvalue weighted by molar-refractivity contribution is 0.590. The van der Waals surface area contributed by atoms with Crippen molar-refractivity contribution in [3.63, 3.8) is 0 Å². The molecule has 0 fully saturated rings. The summed E-state index contributed by atoms with van der Waals surface area (Å²) in [6.45, 7) is 14.6. The molecule has 6 heterocycles. The summed E-state index contributed by atoms with van der Waals surface area (Å²) in [5.41, 5.74) is 30.7. The molecule has 121 heavy (non-hydrogen) atoms. The highest BCUT2D eigenvalue weighted by Crippen LogP contribution is 2.47. The van der Waals surface area contributed by atoms with E-state index in [1.54, 1.807) is 4.57 Å². The Labute approximate surface area is 717 Å². The molecule has 0 amide bonds. The summed E-state index contributed by atoms with van der Waals surface area (Å²) in [4.78, 5) is 5.11. The molecule has 0 bridgehead atoms. The summed E-state index contributed by atoms with van der Waals surface area (Å²) in [5, 5.41) is 7.07. The third-order valence-electron chi connectivity index (χ3n) is 25.7. The second kappa shape index (κ2) is 28.2. The van der Waals surface area contributed by atoms with Gasteiger partial charge in [-0.3, -0.25) is 0 Å². The van der Waals surface area contributed by atoms with E-state index in [1.807, 2.05) is 6.07 Å². The van der Waals surface area contributed by atoms with E-state index in [0.29, 0.717) is 31.7 Å². The number of aromatic nitrogens is 4. The topological polar surface area (TPSA) is 26.2 Å². The number of benzene rings is 17. The first-order chi connectivity index (χ1) is 62.6. The number of anilines is 4. The predicted octanol–water partition coefficient (Wildman–Crippen LogP) is 27.3. The van der Waals surface area contributed by atoms with Crippen molar-refractivity contribution in [2.75, 3.05) is 16.3 Å². The van der Waals surface area contributed by atoms with Gasteiger partial charge in [0.05, 0.1) is 44.1 Å². The number of para-hydroxylation sites is 5. The van der Waals surface area contributed by atoms with Gasteiger partial charge in [0, 0.05) is 114 Å². The first kappa shape index (κ1) is 63.7. The van der Waals surface area contributed by atoms with Crippen molar-refractivity contribution < 1.29 is 11.0 Å². The summed E-state index contributed by atoms with van der Waals surface area (Å²) in [7, 11) is 0. The molecule has 0 spiro atoms. The molecule has 2 aliphatic rings. The van der Waals surface area contributed by atoms with Crippen LogP contribution in [0.15, 0.2) is 382 Å². The lowest BCUT2D eigenvalue weighted by Gasteiger charge is -2.45. The Bertz CT molecular complexity index is 7950. The number of hydrogen-bond donors (Lipinski definition) is 0. The molecule has 2 aliphatic heterocycles. The van der Waals surface area contributed by atoms with Crippen molar-refractivity contribution >= 4 is 133 Å². The zero-order chi connectivity index (χ0) is 87.9. The first-order valence-electron chi connectivity index (χ1n) is 46.2. The molecule has 21 aromatic rings. The second-order valence-electron chi connectivity index (χ2n) is 35.0. The van der Waals surface area contributed by atoms with Crippen LogP contribution in [-0.4, -0.2) is 31.5 Å². The number of nitrogens with zero attached hydrogens (tertiary/aromatic N) is 6. The van der Waals surface area contributed by atoms with Crippen molar-refractivity contribution in [3.8, 4) is 61.6 Å². The molecule has 0 radical (unpaired) electrons. The van der Waals surface area contributed by atoms with Gasteiger partial charge in [-0.05, 0) is 239 Å². The normalized spacial score (nSPS) is 13.7. The molecule has 0 aliphatic carbocycles. The first-order valence-corrected chi connectivity index (χ1v) is 42.2. The van der Waals surface area contributed by atoms with Crippen LogP contribution in [-0.2, 0) is 30.3 Å². The van der Waals surface area contributed by atoms with Crippen LogP contribution in [0.25, 0.3) is 149 Å². The fourth-order valence-corrected chi connectivity index (χ4v) is 19.8. The molecule has 17 aromatic carbocycles. The fourth-order valence-electron chi connectivity index (χ4n) is 19.8. The summed E-state index contributed by atoms with van der Waals surface area (Å²) < 4.78 is 85.2. The third kappa shape index (κ3) is 12.1. The van der Waals surface area contributed by atoms with E-state index in [4.69, 9.17) is 2.74 Å². The van der Waals surface area contributed by atoms with E-state index in [0.717, 1.165) is 156 Å². The summed E-state index contributed by atoms with van der Waals surface area (Å²) >= 11 is 0. The molecule has 0 saturated heterocycles. The van der Waals surface area contributed by atoms with Gasteiger partial charge in [0.15, 0.2) is 0 Å². The van der Waals surface area contributed by atoms with Gasteiger partial charge >= 0.3 is 0 Å². The quantitative estimate of drug-likeness (QED) is 0.101. The minimum absolute atomic E-state index is 0.0209. The van der Waals surface area contributed by atoms with Crippen molar-refractivity contribution in [1.82, 2.24) is 18.3 Å². The van der Waals surface area contributed by atoms with Crippen LogP contribution in [0.2, 0.25) is 0 Å². The van der Waals surface area contributed by atoms with E-state index >= 15 is 0 Å². The van der Waals surface area contributed by atoms with Gasteiger partial charge in [0.25, 0.3) is 6.71 Å². The molecular formula is C114H89BN6. The average Bonchev–Trinajstić information content (AvgIpc) is 1.39. The van der Waals surface area contributed by atoms with Crippen LogP contribution < -0.4 is 26.2 Å². The van der Waals surface area contributed by atoms with E-state index in [1.165, 1.54) is 32.7 Å². The Morgan fingerprint density at radius 2 is 0.628 bits per heavy atom. The number of fused-ring (bicyclic) bond motifs is 16. The van der Waals surface area contributed by atoms with Crippen LogP contribution in [0.1, 0.15) is 80.3 Å². The highest BCUT2D eigenvalue weighted by Gasteiger charge is 2.44. The maximum Gasteiger partial charge on any atom is 0.252 e. The van der Waals surface area contributed by atoms with Gasteiger partial charge in [-0.2, -0.15) is 0 Å². The summed E-state index contributed by atoms with van der Waals surface area (Å²) in [6, 6.07) is 119. The minimum Gasteiger partial charge on any atom is -0.342 e. The Hall–Kier alpha value is -14.4. The van der Waals surface area contributed by atoms with Gasteiger partial charge in [-0.15, -0.1) is 0 Å². The van der Waals surface area contributed by atoms with Crippen LogP contribution >= 0.6 is 0 Å². The zero-order valence-electron chi connectivity index (χ0n) is 76.3. The Kier molecular flexibility index (Phi) is 14.8. The minimum atomic E-state index is -0.494. The van der Waals surface area contributed by atoms with Gasteiger partial charge in [0.2, 0.25) is 0 Å². The maximum atomic E-state index is 9.91. The van der Waals surface area contributed by atoms with E-state index in [2.05, 4.69) is 393 Å². The SMILES string of the molecule is [2H]c1c([2H])c([2H])c2c(c1[2H])c1c([2H])c([2H])c([2H])c([2H])c1n2-c1ccc2c(c1)N(CCc1cc(-c3ccccc3)cc(-c3ccccc3)c1)c1cc(Cn3c4ccccc4c4cc(-n5c6ccccc6c6ccccc65)ccc43)cc3c1B2c1ccc(-n2c4ccc(C(C)(C)C)cc4c4cc(C(C)(C)C)ccc42)cc1N3Cc1cc(-c2ccccc2)cc(-c2ccccc2)c1. The third-order valence-corrected chi connectivity index (χ3v) is 25.7. The lowest BCUT2D eigenvalue weighted by Crippen LogP contribution is -2.62. The zero-order valence-corrected chi connectivity index (χ0v) is 68.3. The van der Waals surface area contributed by atoms with Crippen LogP contribution in [0.3, 0.4) is 0 Å². The van der Waals surface area contributed by atoms with Crippen LogP contribution in [0.4, 0.5) is 22.7 Å². The van der Waals surface area contributed by atoms with E-state index in [9.17, 15) is 8.22 Å². The predicted molar refractivity (Wildman–Crippen MR) is 514 cm³/mol. The lowest BCUT2D eigenvalue weighted by atomic mass is 9.33. The van der Waals surface area contributed by atoms with Crippen LogP contribution in [0, 0.1) is 0 Å². The monoisotopic (exact) mass is 1560 g/mol.